The third-order valence-electron chi connectivity index (χ3n) is 8.15. The summed E-state index contributed by atoms with van der Waals surface area (Å²) in [5.41, 5.74) is 9.02. The van der Waals surface area contributed by atoms with Crippen molar-refractivity contribution in [3.05, 3.63) is 59.8 Å². The highest BCUT2D eigenvalue weighted by molar-refractivity contribution is 8.00. The Labute approximate surface area is 338 Å². The van der Waals surface area contributed by atoms with Crippen LogP contribution in [-0.2, 0) is 36.8 Å². The molecule has 3 unspecified atom stereocenters. The van der Waals surface area contributed by atoms with Crippen LogP contribution in [0.1, 0.15) is 118 Å². The van der Waals surface area contributed by atoms with Gasteiger partial charge >= 0.3 is 5.97 Å². The van der Waals surface area contributed by atoms with Gasteiger partial charge in [-0.3, -0.25) is 24.0 Å². The average molecular weight is 804 g/mol. The largest absolute Gasteiger partial charge is 0.504 e. The molecule has 0 aliphatic rings. The van der Waals surface area contributed by atoms with Gasteiger partial charge in [-0.2, -0.15) is 11.8 Å². The van der Waals surface area contributed by atoms with E-state index in [0.717, 1.165) is 43.6 Å². The number of Topliss-reactive ketones (excluding diaryl/α,β-unsaturated/α-hetero) is 2. The highest BCUT2D eigenvalue weighted by Gasteiger charge is 2.22. The molecule has 3 rings (SSSR count). The number of rotatable bonds is 21. The number of carbonyl (C=O) groups excluding carboxylic acids is 3. The van der Waals surface area contributed by atoms with Gasteiger partial charge in [-0.25, -0.2) is 0 Å². The maximum Gasteiger partial charge on any atom is 0.320 e. The van der Waals surface area contributed by atoms with Crippen LogP contribution in [0.5, 0.6) is 11.5 Å². The molecule has 0 aliphatic carbocycles. The van der Waals surface area contributed by atoms with E-state index in [4.69, 9.17) is 25.5 Å². The predicted octanol–water partition coefficient (Wildman–Crippen LogP) is 8.36. The van der Waals surface area contributed by atoms with E-state index in [1.165, 1.54) is 42.3 Å². The van der Waals surface area contributed by atoms with E-state index in [2.05, 4.69) is 61.5 Å². The van der Waals surface area contributed by atoms with Crippen molar-refractivity contribution < 1.29 is 44.0 Å². The van der Waals surface area contributed by atoms with E-state index in [9.17, 15) is 24.3 Å². The van der Waals surface area contributed by atoms with Crippen molar-refractivity contribution >= 4 is 52.6 Å². The van der Waals surface area contributed by atoms with E-state index in [1.54, 1.807) is 18.2 Å². The molecule has 1 aromatic heterocycles. The molecule has 0 saturated heterocycles. The van der Waals surface area contributed by atoms with Gasteiger partial charge in [-0.05, 0) is 67.9 Å². The molecule has 316 valence electrons. The number of ketones is 2. The first-order valence-electron chi connectivity index (χ1n) is 19.7. The Hall–Kier alpha value is -4.36. The van der Waals surface area contributed by atoms with Crippen LogP contribution in [0.4, 0.5) is 0 Å². The molecule has 13 heteroatoms. The van der Waals surface area contributed by atoms with Gasteiger partial charge in [0.1, 0.15) is 11.8 Å². The van der Waals surface area contributed by atoms with Gasteiger partial charge in [0.05, 0.1) is 13.2 Å². The maximum absolute atomic E-state index is 12.8. The normalized spacial score (nSPS) is 11.7. The molecule has 56 heavy (non-hydrogen) atoms. The first-order chi connectivity index (χ1) is 26.8. The number of hydrogen-bond acceptors (Lipinski definition) is 9. The smallest absolute Gasteiger partial charge is 0.320 e. The molecule has 1 amide bonds. The van der Waals surface area contributed by atoms with Crippen molar-refractivity contribution in [3.8, 4) is 11.5 Å². The molecule has 0 fully saturated rings. The Kier molecular flexibility index (Phi) is 31.5. The molecule has 0 aliphatic heterocycles. The summed E-state index contributed by atoms with van der Waals surface area (Å²) in [4.78, 5) is 59.6. The van der Waals surface area contributed by atoms with E-state index >= 15 is 0 Å². The summed E-state index contributed by atoms with van der Waals surface area (Å²) < 4.78 is 5.12. The number of aromatic amines is 1. The number of benzene rings is 2. The number of aryl methyl sites for hydroxylation is 1. The average Bonchev–Trinajstić information content (AvgIpc) is 3.58. The second-order valence-corrected chi connectivity index (χ2v) is 14.3. The van der Waals surface area contributed by atoms with Crippen molar-refractivity contribution in [2.45, 2.75) is 137 Å². The van der Waals surface area contributed by atoms with Gasteiger partial charge in [-0.1, -0.05) is 92.0 Å². The lowest BCUT2D eigenvalue weighted by atomic mass is 10.0. The number of carboxylic acids is 1. The fraction of sp³-hybridized carbons (Fsp3) is 0.558. The zero-order valence-corrected chi connectivity index (χ0v) is 35.9. The number of aliphatic carboxylic acids is 1. The minimum absolute atomic E-state index is 0.0139. The Morgan fingerprint density at radius 3 is 2.21 bits per heavy atom. The number of carbonyl (C=O) groups is 5. The summed E-state index contributed by atoms with van der Waals surface area (Å²) in [6.07, 6.45) is 8.37. The van der Waals surface area contributed by atoms with Crippen molar-refractivity contribution in [2.75, 3.05) is 12.9 Å². The fourth-order valence-electron chi connectivity index (χ4n) is 5.29. The number of para-hydroxylation sites is 1. The lowest BCUT2D eigenvalue weighted by Gasteiger charge is -2.21. The maximum atomic E-state index is 12.8. The third kappa shape index (κ3) is 23.5. The van der Waals surface area contributed by atoms with Crippen LogP contribution in [-0.4, -0.2) is 80.4 Å². The molecule has 3 atom stereocenters. The van der Waals surface area contributed by atoms with Crippen molar-refractivity contribution in [2.24, 2.45) is 11.7 Å². The standard InChI is InChI=1S/C26H40N2O7S.C12H15N.2C2H6.CH2O2/c1-4-5-6-7-20(15-19(30)10-8-18-9-12-23(31)24(14-18)35-3)36-16-22(17(2)29)28-25(32)13-11-21(27)26(33)34;1-9(2)7-10-8-13-12-6-4-3-5-11(10)12;2*1-2;2-1-3/h9,12,14,20-22,31H,4-8,10-11,13,15-16,27H2,1-3H3,(H,28,32)(H,33,34);3-6,8-9,13H,7H2,1-2H3;2*1-2H3;1H,(H,2,3). The SMILES string of the molecule is CC.CC.CC(C)Cc1c[nH]c2ccccc12.CCCCCC(CC(=O)CCc1ccc(O)c(OC)c1)SCC(NC(=O)CCC(N)C(=O)O)C(C)=O.O=CO. The topological polar surface area (TPSA) is 209 Å². The number of unbranched alkanes of at least 4 members (excludes halogenated alkanes) is 2. The molecule has 2 aromatic carbocycles. The van der Waals surface area contributed by atoms with Gasteiger partial charge in [0, 0.05) is 47.4 Å². The summed E-state index contributed by atoms with van der Waals surface area (Å²) in [6.45, 7) is 15.8. The summed E-state index contributed by atoms with van der Waals surface area (Å²) in [5, 5.41) is 29.5. The third-order valence-corrected chi connectivity index (χ3v) is 9.55. The van der Waals surface area contributed by atoms with Crippen LogP contribution < -0.4 is 15.8 Å². The zero-order chi connectivity index (χ0) is 43.1. The number of amides is 1. The van der Waals surface area contributed by atoms with E-state index in [0.29, 0.717) is 30.8 Å². The molecule has 0 radical (unpaired) electrons. The number of aromatic hydroxyl groups is 1. The molecule has 12 nitrogen and oxygen atoms in total. The number of nitrogens with one attached hydrogen (secondary N) is 2. The Morgan fingerprint density at radius 1 is 1.00 bits per heavy atom. The predicted molar refractivity (Wildman–Crippen MR) is 229 cm³/mol. The van der Waals surface area contributed by atoms with Crippen molar-refractivity contribution in [1.82, 2.24) is 10.3 Å². The summed E-state index contributed by atoms with van der Waals surface area (Å²) in [6, 6.07) is 11.7. The van der Waals surface area contributed by atoms with Crippen LogP contribution in [0, 0.1) is 5.92 Å². The number of thioether (sulfide) groups is 1. The highest BCUT2D eigenvalue weighted by atomic mass is 32.2. The molecule has 1 heterocycles. The van der Waals surface area contributed by atoms with Crippen molar-refractivity contribution in [1.29, 1.82) is 0 Å². The number of phenolic OH excluding ortho intramolecular Hbond substituents is 1. The molecular formula is C43H69N3O9S. The number of nitrogens with two attached hydrogens (primary N) is 1. The molecule has 3 aromatic rings. The number of fused-ring (bicyclic) bond motifs is 1. The Balaban J connectivity index is 0. The number of H-pyrrole nitrogens is 1. The van der Waals surface area contributed by atoms with Crippen molar-refractivity contribution in [3.63, 3.8) is 0 Å². The quantitative estimate of drug-likeness (QED) is 0.0445. The van der Waals surface area contributed by atoms with Crippen LogP contribution in [0.3, 0.4) is 0 Å². The fourth-order valence-corrected chi connectivity index (χ4v) is 6.71. The van der Waals surface area contributed by atoms with Gasteiger partial charge in [0.15, 0.2) is 17.3 Å². The first kappa shape index (κ1) is 53.7. The highest BCUT2D eigenvalue weighted by Crippen LogP contribution is 2.28. The van der Waals surface area contributed by atoms with E-state index in [-0.39, 0.29) is 41.9 Å². The lowest BCUT2D eigenvalue weighted by Crippen LogP contribution is -2.42. The van der Waals surface area contributed by atoms with Gasteiger partial charge in [0.2, 0.25) is 5.91 Å². The molecular weight excluding hydrogens is 735 g/mol. The number of hydrogen-bond donors (Lipinski definition) is 6. The monoisotopic (exact) mass is 803 g/mol. The second kappa shape index (κ2) is 32.8. The molecule has 0 bridgehead atoms. The molecule has 0 saturated carbocycles. The summed E-state index contributed by atoms with van der Waals surface area (Å²) in [5.74, 6) is -0.196. The van der Waals surface area contributed by atoms with E-state index in [1.807, 2.05) is 27.7 Å². The molecule has 7 N–H and O–H groups in total. The number of ether oxygens (including phenoxy) is 1. The van der Waals surface area contributed by atoms with Crippen LogP contribution >= 0.6 is 11.8 Å². The lowest BCUT2D eigenvalue weighted by molar-refractivity contribution is -0.139. The Bertz CT molecular complexity index is 1540. The zero-order valence-electron chi connectivity index (χ0n) is 35.1. The van der Waals surface area contributed by atoms with Crippen LogP contribution in [0.15, 0.2) is 48.7 Å². The van der Waals surface area contributed by atoms with Crippen LogP contribution in [0.25, 0.3) is 10.9 Å². The van der Waals surface area contributed by atoms with Gasteiger partial charge in [-0.15, -0.1) is 0 Å². The van der Waals surface area contributed by atoms with Crippen LogP contribution in [0.2, 0.25) is 0 Å². The summed E-state index contributed by atoms with van der Waals surface area (Å²) >= 11 is 1.51. The first-order valence-corrected chi connectivity index (χ1v) is 20.7. The Morgan fingerprint density at radius 2 is 1.64 bits per heavy atom. The number of aromatic nitrogens is 1. The second-order valence-electron chi connectivity index (χ2n) is 13.0. The van der Waals surface area contributed by atoms with E-state index < -0.39 is 24.0 Å². The van der Waals surface area contributed by atoms with Gasteiger partial charge in [0.25, 0.3) is 6.47 Å². The summed E-state index contributed by atoms with van der Waals surface area (Å²) in [7, 11) is 1.48. The minimum Gasteiger partial charge on any atom is -0.504 e. The number of phenols is 1. The number of carboxylic acid groups (broad SMARTS) is 2. The van der Waals surface area contributed by atoms with Gasteiger partial charge < -0.3 is 36.1 Å². The number of methoxy groups -OCH3 is 1. The minimum atomic E-state index is -1.18. The molecule has 0 spiro atoms.